The normalized spacial score (nSPS) is 16.1. The minimum Gasteiger partial charge on any atom is -0.347 e. The molecule has 3 nitrogen and oxygen atoms in total. The first-order valence-electron chi connectivity index (χ1n) is 4.53. The minimum absolute atomic E-state index is 0.111. The molecule has 1 aromatic rings. The molecule has 0 saturated carbocycles. The average Bonchev–Trinajstić information content (AvgIpc) is 2.12. The Bertz CT molecular complexity index is 350. The summed E-state index contributed by atoms with van der Waals surface area (Å²) in [6.07, 6.45) is 0. The van der Waals surface area contributed by atoms with Crippen LogP contribution in [0.4, 0.5) is 4.39 Å². The van der Waals surface area contributed by atoms with Crippen molar-refractivity contribution in [3.63, 3.8) is 0 Å². The van der Waals surface area contributed by atoms with Crippen LogP contribution in [0.5, 0.6) is 0 Å². The number of halogens is 1. The molecule has 0 unspecified atom stereocenters. The lowest BCUT2D eigenvalue weighted by Gasteiger charge is -2.27. The molecule has 4 heteroatoms. The zero-order valence-corrected chi connectivity index (χ0v) is 7.59. The van der Waals surface area contributed by atoms with Crippen molar-refractivity contribution in [2.75, 3.05) is 13.1 Å². The van der Waals surface area contributed by atoms with Crippen molar-refractivity contribution in [3.8, 4) is 0 Å². The minimum atomic E-state index is -0.475. The monoisotopic (exact) mass is 194 g/mol. The van der Waals surface area contributed by atoms with Crippen molar-refractivity contribution in [1.82, 2.24) is 10.6 Å². The van der Waals surface area contributed by atoms with E-state index in [2.05, 4.69) is 10.6 Å². The van der Waals surface area contributed by atoms with Gasteiger partial charge in [0.2, 0.25) is 0 Å². The first-order chi connectivity index (χ1) is 6.77. The topological polar surface area (TPSA) is 41.1 Å². The van der Waals surface area contributed by atoms with Gasteiger partial charge in [0, 0.05) is 13.1 Å². The van der Waals surface area contributed by atoms with E-state index in [0.29, 0.717) is 0 Å². The molecule has 0 aliphatic carbocycles. The molecule has 1 heterocycles. The van der Waals surface area contributed by atoms with E-state index < -0.39 is 5.82 Å². The molecule has 0 atom stereocenters. The summed E-state index contributed by atoms with van der Waals surface area (Å²) in [6.45, 7) is 1.53. The predicted molar refractivity (Wildman–Crippen MR) is 50.5 cm³/mol. The standard InChI is InChI=1S/C10H11FN2O/c11-9-4-2-1-3-8(9)10(14)13-7-5-12-6-7/h1-4,7,12H,5-6H2,(H,13,14). The molecule has 0 radical (unpaired) electrons. The average molecular weight is 194 g/mol. The largest absolute Gasteiger partial charge is 0.347 e. The van der Waals surface area contributed by atoms with Gasteiger partial charge in [-0.15, -0.1) is 0 Å². The van der Waals surface area contributed by atoms with E-state index in [9.17, 15) is 9.18 Å². The maximum Gasteiger partial charge on any atom is 0.254 e. The zero-order chi connectivity index (χ0) is 9.97. The lowest BCUT2D eigenvalue weighted by Crippen LogP contribution is -2.57. The second-order valence-electron chi connectivity index (χ2n) is 3.31. The van der Waals surface area contributed by atoms with Crippen LogP contribution >= 0.6 is 0 Å². The van der Waals surface area contributed by atoms with Crippen molar-refractivity contribution < 1.29 is 9.18 Å². The van der Waals surface area contributed by atoms with Gasteiger partial charge in [-0.25, -0.2) is 4.39 Å². The summed E-state index contributed by atoms with van der Waals surface area (Å²) in [4.78, 5) is 11.5. The Labute approximate surface area is 81.3 Å². The van der Waals surface area contributed by atoms with Gasteiger partial charge in [-0.05, 0) is 12.1 Å². The maximum absolute atomic E-state index is 13.1. The second-order valence-corrected chi connectivity index (χ2v) is 3.31. The number of carbonyl (C=O) groups excluding carboxylic acids is 1. The molecule has 1 aliphatic rings. The number of hydrogen-bond acceptors (Lipinski definition) is 2. The van der Waals surface area contributed by atoms with Gasteiger partial charge in [0.05, 0.1) is 11.6 Å². The quantitative estimate of drug-likeness (QED) is 0.721. The molecule has 74 valence electrons. The summed E-state index contributed by atoms with van der Waals surface area (Å²) in [5, 5.41) is 5.76. The third kappa shape index (κ3) is 1.75. The van der Waals surface area contributed by atoms with Crippen LogP contribution in [-0.2, 0) is 0 Å². The van der Waals surface area contributed by atoms with Gasteiger partial charge in [-0.2, -0.15) is 0 Å². The Morgan fingerprint density at radius 3 is 2.71 bits per heavy atom. The summed E-state index contributed by atoms with van der Waals surface area (Å²) >= 11 is 0. The zero-order valence-electron chi connectivity index (χ0n) is 7.59. The molecule has 1 amide bonds. The van der Waals surface area contributed by atoms with Crippen molar-refractivity contribution in [1.29, 1.82) is 0 Å². The summed E-state index contributed by atoms with van der Waals surface area (Å²) in [5.74, 6) is -0.813. The molecule has 1 aliphatic heterocycles. The fourth-order valence-electron chi connectivity index (χ4n) is 1.30. The molecule has 1 saturated heterocycles. The number of hydrogen-bond donors (Lipinski definition) is 2. The summed E-state index contributed by atoms with van der Waals surface area (Å²) in [5.41, 5.74) is 0.111. The number of amides is 1. The van der Waals surface area contributed by atoms with E-state index in [1.54, 1.807) is 12.1 Å². The number of nitrogens with one attached hydrogen (secondary N) is 2. The molecule has 0 aromatic heterocycles. The van der Waals surface area contributed by atoms with Gasteiger partial charge in [0.15, 0.2) is 0 Å². The van der Waals surface area contributed by atoms with Gasteiger partial charge in [0.1, 0.15) is 5.82 Å². The molecular weight excluding hydrogens is 183 g/mol. The van der Waals surface area contributed by atoms with Crippen molar-refractivity contribution >= 4 is 5.91 Å². The van der Waals surface area contributed by atoms with Crippen molar-refractivity contribution in [3.05, 3.63) is 35.6 Å². The van der Waals surface area contributed by atoms with E-state index in [4.69, 9.17) is 0 Å². The predicted octanol–water partition coefficient (Wildman–Crippen LogP) is 0.527. The van der Waals surface area contributed by atoms with E-state index in [0.717, 1.165) is 13.1 Å². The number of rotatable bonds is 2. The van der Waals surface area contributed by atoms with Crippen molar-refractivity contribution in [2.24, 2.45) is 0 Å². The van der Waals surface area contributed by atoms with E-state index in [1.165, 1.54) is 12.1 Å². The van der Waals surface area contributed by atoms with E-state index in [1.807, 2.05) is 0 Å². The number of benzene rings is 1. The first-order valence-corrected chi connectivity index (χ1v) is 4.53. The Morgan fingerprint density at radius 1 is 1.43 bits per heavy atom. The van der Waals surface area contributed by atoms with Crippen LogP contribution in [-0.4, -0.2) is 25.0 Å². The Kier molecular flexibility index (Phi) is 2.45. The number of carbonyl (C=O) groups is 1. The lowest BCUT2D eigenvalue weighted by molar-refractivity contribution is 0.0920. The highest BCUT2D eigenvalue weighted by molar-refractivity contribution is 5.94. The van der Waals surface area contributed by atoms with Crippen LogP contribution in [0.2, 0.25) is 0 Å². The van der Waals surface area contributed by atoms with Crippen LogP contribution in [0.1, 0.15) is 10.4 Å². The van der Waals surface area contributed by atoms with Gasteiger partial charge in [-0.3, -0.25) is 4.79 Å². The highest BCUT2D eigenvalue weighted by Crippen LogP contribution is 2.06. The molecule has 0 spiro atoms. The van der Waals surface area contributed by atoms with Crippen LogP contribution in [0.15, 0.2) is 24.3 Å². The van der Waals surface area contributed by atoms with Gasteiger partial charge in [-0.1, -0.05) is 12.1 Å². The van der Waals surface area contributed by atoms with Crippen LogP contribution in [0, 0.1) is 5.82 Å². The molecular formula is C10H11FN2O. The highest BCUT2D eigenvalue weighted by Gasteiger charge is 2.20. The summed E-state index contributed by atoms with van der Waals surface area (Å²) in [6, 6.07) is 6.13. The van der Waals surface area contributed by atoms with Crippen LogP contribution in [0.3, 0.4) is 0 Å². The van der Waals surface area contributed by atoms with Gasteiger partial charge >= 0.3 is 0 Å². The molecule has 2 N–H and O–H groups in total. The summed E-state index contributed by atoms with van der Waals surface area (Å²) in [7, 11) is 0. The molecule has 14 heavy (non-hydrogen) atoms. The first kappa shape index (κ1) is 9.15. The fourth-order valence-corrected chi connectivity index (χ4v) is 1.30. The molecule has 2 rings (SSSR count). The van der Waals surface area contributed by atoms with E-state index >= 15 is 0 Å². The fraction of sp³-hybridized carbons (Fsp3) is 0.300. The third-order valence-electron chi connectivity index (χ3n) is 2.24. The molecule has 1 aromatic carbocycles. The third-order valence-corrected chi connectivity index (χ3v) is 2.24. The Hall–Kier alpha value is -1.42. The lowest BCUT2D eigenvalue weighted by atomic mass is 10.1. The SMILES string of the molecule is O=C(NC1CNC1)c1ccccc1F. The molecule has 1 fully saturated rings. The van der Waals surface area contributed by atoms with Gasteiger partial charge < -0.3 is 10.6 Å². The van der Waals surface area contributed by atoms with Crippen LogP contribution in [0.25, 0.3) is 0 Å². The highest BCUT2D eigenvalue weighted by atomic mass is 19.1. The smallest absolute Gasteiger partial charge is 0.254 e. The summed E-state index contributed by atoms with van der Waals surface area (Å²) < 4.78 is 13.1. The maximum atomic E-state index is 13.1. The Balaban J connectivity index is 2.06. The van der Waals surface area contributed by atoms with E-state index in [-0.39, 0.29) is 17.5 Å². The molecule has 0 bridgehead atoms. The second kappa shape index (κ2) is 3.75. The van der Waals surface area contributed by atoms with Crippen LogP contribution < -0.4 is 10.6 Å². The van der Waals surface area contributed by atoms with Crippen molar-refractivity contribution in [2.45, 2.75) is 6.04 Å². The Morgan fingerprint density at radius 2 is 2.14 bits per heavy atom. The van der Waals surface area contributed by atoms with Gasteiger partial charge in [0.25, 0.3) is 5.91 Å².